The van der Waals surface area contributed by atoms with Gasteiger partial charge in [-0.05, 0) is 193 Å². The predicted molar refractivity (Wildman–Crippen MR) is 397 cm³/mol. The first-order valence-electron chi connectivity index (χ1n) is 32.5. The van der Waals surface area contributed by atoms with Crippen molar-refractivity contribution in [1.29, 1.82) is 15.8 Å². The molecule has 0 unspecified atom stereocenters. The average Bonchev–Trinajstić information content (AvgIpc) is 1.57. The molecule has 17 rings (SSSR count). The molecule has 3 heterocycles. The molecule has 14 aromatic carbocycles. The van der Waals surface area contributed by atoms with Gasteiger partial charge in [0.15, 0.2) is 17.5 Å². The maximum absolute atomic E-state index is 10.3. The molecule has 17 aromatic rings. The van der Waals surface area contributed by atoms with Gasteiger partial charge in [0.1, 0.15) is 0 Å². The van der Waals surface area contributed by atoms with Gasteiger partial charge in [-0.15, -0.1) is 0 Å². The van der Waals surface area contributed by atoms with Crippen molar-refractivity contribution in [3.63, 3.8) is 0 Å². The van der Waals surface area contributed by atoms with E-state index in [-0.39, 0.29) is 0 Å². The molecule has 98 heavy (non-hydrogen) atoms. The van der Waals surface area contributed by atoms with Crippen molar-refractivity contribution in [2.45, 2.75) is 0 Å². The first kappa shape index (κ1) is 58.0. The Labute approximate surface area is 566 Å². The number of nitriles is 3. The Morgan fingerprint density at radius 3 is 0.786 bits per heavy atom. The fraction of sp³-hybridized carbons (Fsp3) is 0. The van der Waals surface area contributed by atoms with E-state index in [4.69, 9.17) is 15.0 Å². The Morgan fingerprint density at radius 1 is 0.204 bits per heavy atom. The fourth-order valence-corrected chi connectivity index (χ4v) is 13.9. The Bertz CT molecular complexity index is 5630. The molecule has 0 N–H and O–H groups in total. The first-order chi connectivity index (χ1) is 48.4. The molecule has 0 amide bonds. The van der Waals surface area contributed by atoms with E-state index < -0.39 is 0 Å². The Morgan fingerprint density at radius 2 is 0.459 bits per heavy atom. The van der Waals surface area contributed by atoms with Gasteiger partial charge >= 0.3 is 0 Å². The van der Waals surface area contributed by atoms with Crippen molar-refractivity contribution < 1.29 is 0 Å². The van der Waals surface area contributed by atoms with Gasteiger partial charge in [-0.2, -0.15) is 15.8 Å². The van der Waals surface area contributed by atoms with Gasteiger partial charge in [-0.25, -0.2) is 15.0 Å². The summed E-state index contributed by atoms with van der Waals surface area (Å²) in [5.41, 5.74) is 23.5. The van der Waals surface area contributed by atoms with Crippen LogP contribution in [0.4, 0.5) is 0 Å². The monoisotopic (exact) mass is 1250 g/mol. The molecule has 0 bridgehead atoms. The second-order valence-electron chi connectivity index (χ2n) is 24.5. The highest BCUT2D eigenvalue weighted by atomic mass is 15.1. The third-order valence-electron chi connectivity index (χ3n) is 18.6. The molecule has 8 heteroatoms. The zero-order valence-electron chi connectivity index (χ0n) is 52.8. The number of benzene rings is 14. The Hall–Kier alpha value is -13.8. The number of rotatable bonds is 12. The second kappa shape index (κ2) is 24.6. The Kier molecular flexibility index (Phi) is 14.5. The molecular weight excluding hydrogens is 1190 g/mol. The van der Waals surface area contributed by atoms with E-state index in [9.17, 15) is 15.8 Å². The summed E-state index contributed by atoms with van der Waals surface area (Å²) >= 11 is 0. The molecule has 0 saturated heterocycles. The molecule has 8 nitrogen and oxygen atoms in total. The van der Waals surface area contributed by atoms with Crippen LogP contribution in [0.25, 0.3) is 167 Å². The van der Waals surface area contributed by atoms with Gasteiger partial charge < -0.3 is 9.13 Å². The van der Waals surface area contributed by atoms with Crippen LogP contribution in [0.3, 0.4) is 0 Å². The fourth-order valence-electron chi connectivity index (χ4n) is 13.9. The van der Waals surface area contributed by atoms with E-state index in [1.807, 2.05) is 115 Å². The standard InChI is InChI=1S/C90H54N8/c91-55-58-17-13-28-65(45-58)68-31-16-32-75(48-68)88-94-89(76-39-33-73(66-29-14-18-59(46-66)56-92)53-86(76)97-82-41-35-69(61-20-5-1-6-21-61)49-78(82)79-50-70(36-42-83(79)97)62-22-7-2-8-23-62)96-90(95-88)77-40-34-74(67-30-15-19-60(47-67)57-93)54-87(77)98-84-43-37-71(63-24-9-3-10-25-63)51-80(84)81-52-72(38-44-85(81)98)64-26-11-4-12-27-64/h1-54H. The van der Waals surface area contributed by atoms with Crippen molar-refractivity contribution in [3.05, 3.63) is 344 Å². The molecule has 0 radical (unpaired) electrons. The molecular formula is C90H54N8. The molecule has 0 saturated carbocycles. The van der Waals surface area contributed by atoms with Crippen molar-refractivity contribution >= 4 is 43.6 Å². The summed E-state index contributed by atoms with van der Waals surface area (Å²) < 4.78 is 4.68. The van der Waals surface area contributed by atoms with Gasteiger partial charge in [-0.3, -0.25) is 0 Å². The molecule has 3 aromatic heterocycles. The molecule has 0 aliphatic rings. The minimum absolute atomic E-state index is 0.421. The van der Waals surface area contributed by atoms with Crippen molar-refractivity contribution in [3.8, 4) is 142 Å². The lowest BCUT2D eigenvalue weighted by atomic mass is 9.99. The van der Waals surface area contributed by atoms with Crippen LogP contribution >= 0.6 is 0 Å². The summed E-state index contributed by atoms with van der Waals surface area (Å²) in [6.45, 7) is 0. The maximum Gasteiger partial charge on any atom is 0.166 e. The second-order valence-corrected chi connectivity index (χ2v) is 24.5. The summed E-state index contributed by atoms with van der Waals surface area (Å²) in [4.78, 5) is 17.0. The lowest BCUT2D eigenvalue weighted by Gasteiger charge is -2.18. The van der Waals surface area contributed by atoms with Gasteiger partial charge in [0.25, 0.3) is 0 Å². The van der Waals surface area contributed by atoms with Crippen LogP contribution in [0, 0.1) is 34.0 Å². The highest BCUT2D eigenvalue weighted by molar-refractivity contribution is 6.14. The van der Waals surface area contributed by atoms with Crippen molar-refractivity contribution in [2.75, 3.05) is 0 Å². The van der Waals surface area contributed by atoms with Crippen LogP contribution in [0.1, 0.15) is 16.7 Å². The van der Waals surface area contributed by atoms with E-state index in [0.717, 1.165) is 150 Å². The third-order valence-corrected chi connectivity index (χ3v) is 18.6. The highest BCUT2D eigenvalue weighted by Crippen LogP contribution is 2.45. The van der Waals surface area contributed by atoms with Gasteiger partial charge in [0.2, 0.25) is 0 Å². The van der Waals surface area contributed by atoms with Gasteiger partial charge in [0.05, 0.1) is 68.3 Å². The Balaban J connectivity index is 0.964. The van der Waals surface area contributed by atoms with E-state index >= 15 is 0 Å². The summed E-state index contributed by atoms with van der Waals surface area (Å²) in [7, 11) is 0. The van der Waals surface area contributed by atoms with Crippen LogP contribution in [0.15, 0.2) is 328 Å². The quantitative estimate of drug-likeness (QED) is 0.120. The van der Waals surface area contributed by atoms with E-state index in [1.165, 1.54) is 0 Å². The van der Waals surface area contributed by atoms with E-state index in [2.05, 4.69) is 240 Å². The maximum atomic E-state index is 10.3. The highest BCUT2D eigenvalue weighted by Gasteiger charge is 2.25. The zero-order chi connectivity index (χ0) is 65.6. The minimum Gasteiger partial charge on any atom is -0.308 e. The number of fused-ring (bicyclic) bond motifs is 6. The molecule has 0 aliphatic carbocycles. The molecule has 0 aliphatic heterocycles. The molecule has 0 fully saturated rings. The number of hydrogen-bond donors (Lipinski definition) is 0. The topological polar surface area (TPSA) is 120 Å². The smallest absolute Gasteiger partial charge is 0.166 e. The van der Waals surface area contributed by atoms with Crippen molar-refractivity contribution in [1.82, 2.24) is 24.1 Å². The number of aromatic nitrogens is 5. The zero-order valence-corrected chi connectivity index (χ0v) is 52.8. The normalized spacial score (nSPS) is 11.2. The number of hydrogen-bond acceptors (Lipinski definition) is 6. The average molecular weight is 1250 g/mol. The number of nitrogens with zero attached hydrogens (tertiary/aromatic N) is 8. The summed E-state index contributed by atoms with van der Waals surface area (Å²) in [5, 5.41) is 34.9. The molecule has 0 atom stereocenters. The SMILES string of the molecule is N#Cc1cccc(-c2cccc(-c3nc(-c4ccc(-c5cccc(C#N)c5)cc4-n4c5ccc(-c6ccccc6)cc5c5cc(-c6ccccc6)ccc54)nc(-c4ccc(-c5cccc(C#N)c5)cc4-n4c5ccc(-c6ccccc6)cc5c5cc(-c6ccccc6)ccc54)n3)c2)c1. The van der Waals surface area contributed by atoms with Crippen LogP contribution < -0.4 is 0 Å². The van der Waals surface area contributed by atoms with Crippen molar-refractivity contribution in [2.24, 2.45) is 0 Å². The molecule has 454 valence electrons. The first-order valence-corrected chi connectivity index (χ1v) is 32.5. The van der Waals surface area contributed by atoms with Gasteiger partial charge in [-0.1, -0.05) is 212 Å². The third kappa shape index (κ3) is 10.6. The van der Waals surface area contributed by atoms with Crippen LogP contribution in [0.5, 0.6) is 0 Å². The van der Waals surface area contributed by atoms with Gasteiger partial charge in [0, 0.05) is 38.2 Å². The van der Waals surface area contributed by atoms with E-state index in [1.54, 1.807) is 0 Å². The lowest BCUT2D eigenvalue weighted by molar-refractivity contribution is 1.06. The summed E-state index contributed by atoms with van der Waals surface area (Å²) in [6, 6.07) is 120. The predicted octanol–water partition coefficient (Wildman–Crippen LogP) is 22.4. The minimum atomic E-state index is 0.421. The van der Waals surface area contributed by atoms with Crippen LogP contribution in [0.2, 0.25) is 0 Å². The summed E-state index contributed by atoms with van der Waals surface area (Å²) in [5.74, 6) is 1.27. The summed E-state index contributed by atoms with van der Waals surface area (Å²) in [6.07, 6.45) is 0. The lowest BCUT2D eigenvalue weighted by Crippen LogP contribution is -2.06. The largest absolute Gasteiger partial charge is 0.308 e. The van der Waals surface area contributed by atoms with Crippen LogP contribution in [-0.4, -0.2) is 24.1 Å². The molecule has 0 spiro atoms. The van der Waals surface area contributed by atoms with E-state index in [0.29, 0.717) is 34.2 Å². The van der Waals surface area contributed by atoms with Crippen LogP contribution in [-0.2, 0) is 0 Å².